The Kier molecular flexibility index (Phi) is 4.68. The first kappa shape index (κ1) is 19.0. The summed E-state index contributed by atoms with van der Waals surface area (Å²) in [5.74, 6) is 0.0272. The molecule has 152 valence electrons. The summed E-state index contributed by atoms with van der Waals surface area (Å²) in [4.78, 5) is 12.6. The van der Waals surface area contributed by atoms with Gasteiger partial charge in [0, 0.05) is 28.9 Å². The number of pyridine rings is 1. The number of sulfonamides is 1. The molecule has 0 saturated carbocycles. The zero-order valence-corrected chi connectivity index (χ0v) is 17.0. The van der Waals surface area contributed by atoms with Crippen LogP contribution in [-0.4, -0.2) is 23.4 Å². The molecule has 0 unspecified atom stereocenters. The Balaban J connectivity index is 1.49. The average Bonchev–Trinajstić information content (AvgIpc) is 2.80. The van der Waals surface area contributed by atoms with Gasteiger partial charge in [0.25, 0.3) is 10.0 Å². The fourth-order valence-electron chi connectivity index (χ4n) is 3.37. The second-order valence-corrected chi connectivity index (χ2v) is 8.53. The van der Waals surface area contributed by atoms with E-state index in [1.165, 1.54) is 12.4 Å². The number of nitrogens with zero attached hydrogens (tertiary/aromatic N) is 3. The van der Waals surface area contributed by atoms with Gasteiger partial charge in [-0.15, -0.1) is 0 Å². The van der Waals surface area contributed by atoms with Crippen LogP contribution in [0.2, 0.25) is 0 Å². The van der Waals surface area contributed by atoms with E-state index in [9.17, 15) is 8.42 Å². The average molecular weight is 427 g/mol. The third-order valence-corrected chi connectivity index (χ3v) is 6.16. The zero-order chi connectivity index (χ0) is 21.3. The molecule has 2 aromatic heterocycles. The van der Waals surface area contributed by atoms with Gasteiger partial charge < -0.3 is 5.32 Å². The smallest absolute Gasteiger partial charge is 0.264 e. The lowest BCUT2D eigenvalue weighted by molar-refractivity contribution is 0.601. The third kappa shape index (κ3) is 3.76. The van der Waals surface area contributed by atoms with E-state index in [0.29, 0.717) is 0 Å². The van der Waals surface area contributed by atoms with Gasteiger partial charge in [0.15, 0.2) is 0 Å². The van der Waals surface area contributed by atoms with Gasteiger partial charge in [-0.25, -0.2) is 28.1 Å². The van der Waals surface area contributed by atoms with Crippen molar-refractivity contribution in [3.05, 3.63) is 91.3 Å². The molecule has 2 heterocycles. The van der Waals surface area contributed by atoms with E-state index in [4.69, 9.17) is 4.98 Å². The lowest BCUT2D eigenvalue weighted by atomic mass is 10.1. The van der Waals surface area contributed by atoms with Crippen LogP contribution < -0.4 is 10.0 Å². The molecule has 0 aliphatic heterocycles. The predicted molar refractivity (Wildman–Crippen MR) is 122 cm³/mol. The number of anilines is 3. The van der Waals surface area contributed by atoms with E-state index in [1.54, 1.807) is 30.3 Å². The number of hydrogen-bond acceptors (Lipinski definition) is 6. The van der Waals surface area contributed by atoms with Crippen LogP contribution in [0.3, 0.4) is 0 Å². The highest BCUT2D eigenvalue weighted by molar-refractivity contribution is 7.92. The number of nitrogens with one attached hydrogen (secondary N) is 2. The first-order valence-corrected chi connectivity index (χ1v) is 11.0. The van der Waals surface area contributed by atoms with Crippen molar-refractivity contribution in [2.45, 2.75) is 4.90 Å². The topological polar surface area (TPSA) is 96.9 Å². The van der Waals surface area contributed by atoms with E-state index in [2.05, 4.69) is 20.0 Å². The number of hydrogen-bond donors (Lipinski definition) is 2. The molecule has 7 nitrogen and oxygen atoms in total. The summed E-state index contributed by atoms with van der Waals surface area (Å²) in [6.07, 6.45) is 2.95. The highest BCUT2D eigenvalue weighted by Crippen LogP contribution is 2.33. The highest BCUT2D eigenvalue weighted by Gasteiger charge is 2.16. The molecule has 5 rings (SSSR count). The van der Waals surface area contributed by atoms with Crippen molar-refractivity contribution in [2.75, 3.05) is 10.0 Å². The van der Waals surface area contributed by atoms with Crippen molar-refractivity contribution in [3.8, 4) is 0 Å². The molecule has 0 aliphatic carbocycles. The Morgan fingerprint density at radius 3 is 1.87 bits per heavy atom. The quantitative estimate of drug-likeness (QED) is 0.394. The summed E-state index contributed by atoms with van der Waals surface area (Å²) in [7, 11) is -3.79. The molecule has 8 heteroatoms. The molecule has 0 saturated heterocycles. The second kappa shape index (κ2) is 7.66. The van der Waals surface area contributed by atoms with Gasteiger partial charge >= 0.3 is 0 Å². The largest absolute Gasteiger partial charge is 0.354 e. The first-order chi connectivity index (χ1) is 15.1. The molecule has 0 amide bonds. The van der Waals surface area contributed by atoms with E-state index < -0.39 is 10.0 Å². The van der Waals surface area contributed by atoms with Crippen molar-refractivity contribution in [2.24, 2.45) is 0 Å². The van der Waals surface area contributed by atoms with Crippen molar-refractivity contribution >= 4 is 49.2 Å². The van der Waals surface area contributed by atoms with Gasteiger partial charge in [-0.1, -0.05) is 36.4 Å². The molecule has 0 bridgehead atoms. The van der Waals surface area contributed by atoms with Crippen LogP contribution in [0.25, 0.3) is 21.8 Å². The Hall–Kier alpha value is -4.04. The molecule has 0 radical (unpaired) electrons. The van der Waals surface area contributed by atoms with Gasteiger partial charge in [-0.2, -0.15) is 0 Å². The number of fused-ring (bicyclic) bond motifs is 2. The molecule has 3 aromatic carbocycles. The molecule has 0 aliphatic rings. The minimum Gasteiger partial charge on any atom is -0.354 e. The van der Waals surface area contributed by atoms with E-state index >= 15 is 0 Å². The van der Waals surface area contributed by atoms with E-state index in [-0.39, 0.29) is 10.8 Å². The van der Waals surface area contributed by atoms with Crippen LogP contribution in [0.15, 0.2) is 96.2 Å². The van der Waals surface area contributed by atoms with Gasteiger partial charge in [-0.05, 0) is 42.5 Å². The molecule has 0 fully saturated rings. The number of benzene rings is 3. The van der Waals surface area contributed by atoms with Crippen LogP contribution >= 0.6 is 0 Å². The second-order valence-electron chi connectivity index (χ2n) is 6.85. The molecule has 2 N–H and O–H groups in total. The van der Waals surface area contributed by atoms with Gasteiger partial charge in [0.05, 0.1) is 21.6 Å². The Labute approximate surface area is 178 Å². The zero-order valence-electron chi connectivity index (χ0n) is 16.2. The lowest BCUT2D eigenvalue weighted by Gasteiger charge is -2.14. The van der Waals surface area contributed by atoms with E-state index in [0.717, 1.165) is 33.2 Å². The summed E-state index contributed by atoms with van der Waals surface area (Å²) in [5, 5.41) is 5.41. The van der Waals surface area contributed by atoms with Crippen LogP contribution in [0, 0.1) is 0 Å². The van der Waals surface area contributed by atoms with Crippen molar-refractivity contribution < 1.29 is 8.42 Å². The van der Waals surface area contributed by atoms with Gasteiger partial charge in [0.2, 0.25) is 5.95 Å². The Bertz CT molecular complexity index is 1430. The molecular formula is C23H17N5O2S. The minimum atomic E-state index is -3.79. The summed E-state index contributed by atoms with van der Waals surface area (Å²) < 4.78 is 27.6. The summed E-state index contributed by atoms with van der Waals surface area (Å²) in [5.41, 5.74) is 3.45. The maximum atomic E-state index is 12.6. The van der Waals surface area contributed by atoms with Crippen molar-refractivity contribution in [3.63, 3.8) is 0 Å². The number of rotatable bonds is 5. The summed E-state index contributed by atoms with van der Waals surface area (Å²) in [6, 6.07) is 24.0. The summed E-state index contributed by atoms with van der Waals surface area (Å²) in [6.45, 7) is 0. The monoisotopic (exact) mass is 427 g/mol. The SMILES string of the molecule is O=S(=O)(Nc1ncccn1)c1ccc(Nc2c3ccccc3nc3ccccc23)cc1. The summed E-state index contributed by atoms with van der Waals surface area (Å²) >= 11 is 0. The van der Waals surface area contributed by atoms with Crippen LogP contribution in [0.1, 0.15) is 0 Å². The normalized spacial score (nSPS) is 11.5. The van der Waals surface area contributed by atoms with Crippen LogP contribution in [-0.2, 0) is 10.0 Å². The number of para-hydroxylation sites is 2. The maximum Gasteiger partial charge on any atom is 0.264 e. The van der Waals surface area contributed by atoms with Crippen LogP contribution in [0.4, 0.5) is 17.3 Å². The van der Waals surface area contributed by atoms with E-state index in [1.807, 2.05) is 48.5 Å². The predicted octanol–water partition coefficient (Wildman–Crippen LogP) is 4.72. The fourth-order valence-corrected chi connectivity index (χ4v) is 4.33. The van der Waals surface area contributed by atoms with Gasteiger partial charge in [0.1, 0.15) is 0 Å². The fraction of sp³-hybridized carbons (Fsp3) is 0. The first-order valence-electron chi connectivity index (χ1n) is 9.55. The lowest BCUT2D eigenvalue weighted by Crippen LogP contribution is -2.14. The Morgan fingerprint density at radius 2 is 1.26 bits per heavy atom. The number of aromatic nitrogens is 3. The van der Waals surface area contributed by atoms with Gasteiger partial charge in [-0.3, -0.25) is 0 Å². The maximum absolute atomic E-state index is 12.6. The molecule has 5 aromatic rings. The van der Waals surface area contributed by atoms with Crippen LogP contribution in [0.5, 0.6) is 0 Å². The standard InChI is InChI=1S/C23H17N5O2S/c29-31(30,28-23-24-14-5-15-25-23)17-12-10-16(11-13-17)26-22-18-6-1-3-8-20(18)27-21-9-4-2-7-19(21)22/h1-15H,(H,26,27)(H,24,25,28). The highest BCUT2D eigenvalue weighted by atomic mass is 32.2. The molecule has 0 atom stereocenters. The third-order valence-electron chi connectivity index (χ3n) is 4.81. The Morgan fingerprint density at radius 1 is 0.677 bits per heavy atom. The van der Waals surface area contributed by atoms with Crippen molar-refractivity contribution in [1.29, 1.82) is 0 Å². The molecule has 0 spiro atoms. The van der Waals surface area contributed by atoms with Crippen molar-refractivity contribution in [1.82, 2.24) is 15.0 Å². The molecular weight excluding hydrogens is 410 g/mol. The minimum absolute atomic E-state index is 0.0272. The molecule has 31 heavy (non-hydrogen) atoms.